The van der Waals surface area contributed by atoms with E-state index in [1.54, 1.807) is 18.5 Å². The summed E-state index contributed by atoms with van der Waals surface area (Å²) in [4.78, 5) is 19.1. The van der Waals surface area contributed by atoms with Crippen LogP contribution < -0.4 is 5.32 Å². The summed E-state index contributed by atoms with van der Waals surface area (Å²) >= 11 is 0. The molecule has 29 heavy (non-hydrogen) atoms. The summed E-state index contributed by atoms with van der Waals surface area (Å²) in [6.45, 7) is 5.99. The molecule has 0 aliphatic carbocycles. The van der Waals surface area contributed by atoms with E-state index in [1.807, 2.05) is 18.2 Å². The van der Waals surface area contributed by atoms with Gasteiger partial charge in [-0.3, -0.25) is 14.7 Å². The first-order valence-corrected chi connectivity index (χ1v) is 10.1. The number of likely N-dealkylation sites (tertiary alicyclic amines) is 1. The maximum Gasteiger partial charge on any atom is 0.273 e. The van der Waals surface area contributed by atoms with Crippen LogP contribution in [0.5, 0.6) is 0 Å². The molecule has 0 radical (unpaired) electrons. The lowest BCUT2D eigenvalue weighted by Gasteiger charge is -2.30. The molecule has 0 unspecified atom stereocenters. The highest BCUT2D eigenvalue weighted by atomic mass is 16.5. The average molecular weight is 390 g/mol. The molecule has 1 aliphatic heterocycles. The third-order valence-electron chi connectivity index (χ3n) is 5.52. The number of nitrogens with one attached hydrogen (secondary N) is 1. The van der Waals surface area contributed by atoms with E-state index in [4.69, 9.17) is 4.52 Å². The summed E-state index contributed by atoms with van der Waals surface area (Å²) in [5.41, 5.74) is 3.46. The van der Waals surface area contributed by atoms with E-state index < -0.39 is 0 Å². The summed E-state index contributed by atoms with van der Waals surface area (Å²) in [6.07, 6.45) is 5.88. The first kappa shape index (κ1) is 19.3. The lowest BCUT2D eigenvalue weighted by atomic mass is 9.98. The van der Waals surface area contributed by atoms with Crippen molar-refractivity contribution in [3.05, 3.63) is 71.7 Å². The third-order valence-corrected chi connectivity index (χ3v) is 5.52. The van der Waals surface area contributed by atoms with Crippen LogP contribution in [0.25, 0.3) is 11.3 Å². The zero-order valence-electron chi connectivity index (χ0n) is 16.7. The van der Waals surface area contributed by atoms with Gasteiger partial charge in [0.15, 0.2) is 11.5 Å². The second kappa shape index (κ2) is 9.01. The number of carbonyl (C=O) groups is 1. The second-order valence-corrected chi connectivity index (χ2v) is 7.73. The van der Waals surface area contributed by atoms with Gasteiger partial charge in [0.25, 0.3) is 5.91 Å². The van der Waals surface area contributed by atoms with Gasteiger partial charge in [0.1, 0.15) is 0 Å². The van der Waals surface area contributed by atoms with Gasteiger partial charge in [-0.1, -0.05) is 36.3 Å². The van der Waals surface area contributed by atoms with E-state index in [-0.39, 0.29) is 11.6 Å². The topological polar surface area (TPSA) is 71.3 Å². The maximum atomic E-state index is 12.5. The summed E-state index contributed by atoms with van der Waals surface area (Å²) in [6, 6.07) is 13.6. The molecule has 3 aromatic rings. The normalized spacial score (nSPS) is 15.3. The van der Waals surface area contributed by atoms with Gasteiger partial charge in [-0.05, 0) is 55.1 Å². The zero-order chi connectivity index (χ0) is 20.1. The van der Waals surface area contributed by atoms with Crippen molar-refractivity contribution in [3.63, 3.8) is 0 Å². The van der Waals surface area contributed by atoms with E-state index in [9.17, 15) is 4.79 Å². The number of amides is 1. The molecule has 1 amide bonds. The number of aromatic nitrogens is 2. The van der Waals surface area contributed by atoms with Gasteiger partial charge in [0, 0.05) is 37.1 Å². The molecule has 1 aliphatic rings. The molecule has 4 rings (SSSR count). The molecule has 6 nitrogen and oxygen atoms in total. The van der Waals surface area contributed by atoms with Crippen molar-refractivity contribution >= 4 is 5.91 Å². The van der Waals surface area contributed by atoms with Crippen LogP contribution in [0.15, 0.2) is 59.4 Å². The predicted molar refractivity (Wildman–Crippen MR) is 111 cm³/mol. The lowest BCUT2D eigenvalue weighted by molar-refractivity contribution is 0.0941. The highest BCUT2D eigenvalue weighted by molar-refractivity contribution is 5.93. The Labute approximate surface area is 170 Å². The third kappa shape index (κ3) is 4.90. The molecule has 1 fully saturated rings. The number of hydrogen-bond donors (Lipinski definition) is 1. The molecule has 0 spiro atoms. The maximum absolute atomic E-state index is 12.5. The van der Waals surface area contributed by atoms with Crippen LogP contribution in [0.1, 0.15) is 41.4 Å². The molecule has 6 heteroatoms. The number of pyridine rings is 1. The molecule has 0 atom stereocenters. The standard InChI is InChI=1S/C23H26N4O2/c1-17-8-11-27(12-9-17)16-20-6-3-2-5-18(20)15-25-23(28)21-13-22(29-26-21)19-7-4-10-24-14-19/h2-7,10,13-14,17H,8-9,11-12,15-16H2,1H3,(H,25,28). The first-order chi connectivity index (χ1) is 14.2. The van der Waals surface area contributed by atoms with Crippen LogP contribution in [-0.2, 0) is 13.1 Å². The quantitative estimate of drug-likeness (QED) is 0.691. The van der Waals surface area contributed by atoms with E-state index in [0.29, 0.717) is 12.3 Å². The smallest absolute Gasteiger partial charge is 0.273 e. The van der Waals surface area contributed by atoms with Crippen molar-refractivity contribution in [1.29, 1.82) is 0 Å². The Morgan fingerprint density at radius 1 is 1.17 bits per heavy atom. The molecule has 1 saturated heterocycles. The number of carbonyl (C=O) groups excluding carboxylic acids is 1. The molecule has 3 heterocycles. The molecule has 150 valence electrons. The minimum absolute atomic E-state index is 0.245. The second-order valence-electron chi connectivity index (χ2n) is 7.73. The summed E-state index contributed by atoms with van der Waals surface area (Å²) in [5, 5.41) is 6.87. The number of nitrogens with zero attached hydrogens (tertiary/aromatic N) is 3. The Morgan fingerprint density at radius 2 is 1.97 bits per heavy atom. The van der Waals surface area contributed by atoms with Gasteiger partial charge in [0.2, 0.25) is 0 Å². The molecule has 0 bridgehead atoms. The summed E-state index contributed by atoms with van der Waals surface area (Å²) in [7, 11) is 0. The molecule has 0 saturated carbocycles. The Morgan fingerprint density at radius 3 is 2.72 bits per heavy atom. The van der Waals surface area contributed by atoms with Gasteiger partial charge in [0.05, 0.1) is 0 Å². The minimum Gasteiger partial charge on any atom is -0.355 e. The van der Waals surface area contributed by atoms with Crippen molar-refractivity contribution in [1.82, 2.24) is 20.4 Å². The Bertz CT molecular complexity index is 946. The van der Waals surface area contributed by atoms with Crippen molar-refractivity contribution in [2.24, 2.45) is 5.92 Å². The highest BCUT2D eigenvalue weighted by Crippen LogP contribution is 2.21. The lowest BCUT2D eigenvalue weighted by Crippen LogP contribution is -2.33. The Balaban J connectivity index is 1.38. The Kier molecular flexibility index (Phi) is 6.00. The fourth-order valence-corrected chi connectivity index (χ4v) is 3.64. The van der Waals surface area contributed by atoms with Gasteiger partial charge in [-0.15, -0.1) is 0 Å². The van der Waals surface area contributed by atoms with Crippen molar-refractivity contribution in [3.8, 4) is 11.3 Å². The number of rotatable bonds is 6. The molecule has 1 N–H and O–H groups in total. The van der Waals surface area contributed by atoms with E-state index >= 15 is 0 Å². The van der Waals surface area contributed by atoms with Crippen molar-refractivity contribution in [2.75, 3.05) is 13.1 Å². The van der Waals surface area contributed by atoms with Gasteiger partial charge in [-0.25, -0.2) is 0 Å². The average Bonchev–Trinajstić information content (AvgIpc) is 3.26. The van der Waals surface area contributed by atoms with Crippen LogP contribution in [0.4, 0.5) is 0 Å². The van der Waals surface area contributed by atoms with Gasteiger partial charge < -0.3 is 9.84 Å². The molecule has 2 aromatic heterocycles. The fourth-order valence-electron chi connectivity index (χ4n) is 3.64. The van der Waals surface area contributed by atoms with Crippen LogP contribution in [0.2, 0.25) is 0 Å². The van der Waals surface area contributed by atoms with Crippen LogP contribution >= 0.6 is 0 Å². The van der Waals surface area contributed by atoms with Crippen molar-refractivity contribution in [2.45, 2.75) is 32.9 Å². The first-order valence-electron chi connectivity index (χ1n) is 10.1. The van der Waals surface area contributed by atoms with Crippen molar-refractivity contribution < 1.29 is 9.32 Å². The summed E-state index contributed by atoms with van der Waals surface area (Å²) in [5.74, 6) is 1.10. The molecular weight excluding hydrogens is 364 g/mol. The van der Waals surface area contributed by atoms with Gasteiger partial charge in [-0.2, -0.15) is 0 Å². The number of hydrogen-bond acceptors (Lipinski definition) is 5. The predicted octanol–water partition coefficient (Wildman–Crippen LogP) is 3.90. The number of benzene rings is 1. The Hall–Kier alpha value is -2.99. The van der Waals surface area contributed by atoms with E-state index in [0.717, 1.165) is 36.7 Å². The molecule has 1 aromatic carbocycles. The zero-order valence-corrected chi connectivity index (χ0v) is 16.7. The molecular formula is C23H26N4O2. The minimum atomic E-state index is -0.245. The van der Waals surface area contributed by atoms with E-state index in [2.05, 4.69) is 45.5 Å². The summed E-state index contributed by atoms with van der Waals surface area (Å²) < 4.78 is 5.30. The van der Waals surface area contributed by atoms with Crippen LogP contribution in [-0.4, -0.2) is 34.0 Å². The monoisotopic (exact) mass is 390 g/mol. The van der Waals surface area contributed by atoms with Crippen LogP contribution in [0.3, 0.4) is 0 Å². The SMILES string of the molecule is CC1CCN(Cc2ccccc2CNC(=O)c2cc(-c3cccnc3)on2)CC1. The van der Waals surface area contributed by atoms with Crippen LogP contribution in [0, 0.1) is 5.92 Å². The highest BCUT2D eigenvalue weighted by Gasteiger charge is 2.18. The number of piperidine rings is 1. The largest absolute Gasteiger partial charge is 0.355 e. The van der Waals surface area contributed by atoms with Gasteiger partial charge >= 0.3 is 0 Å². The fraction of sp³-hybridized carbons (Fsp3) is 0.348. The van der Waals surface area contributed by atoms with E-state index in [1.165, 1.54) is 18.4 Å².